The van der Waals surface area contributed by atoms with E-state index >= 15 is 0 Å². The van der Waals surface area contributed by atoms with Crippen LogP contribution in [0.4, 0.5) is 27.1 Å². The predicted molar refractivity (Wildman–Crippen MR) is 105 cm³/mol. The third-order valence-corrected chi connectivity index (χ3v) is 7.15. The van der Waals surface area contributed by atoms with Crippen LogP contribution in [0.3, 0.4) is 0 Å². The number of halogens is 8. The van der Waals surface area contributed by atoms with Crippen molar-refractivity contribution in [2.24, 2.45) is 0 Å². The second kappa shape index (κ2) is 7.65. The molecule has 1 aliphatic rings. The number of benzene rings is 1. The largest absolute Gasteiger partial charge is 0.477 e. The van der Waals surface area contributed by atoms with Gasteiger partial charge in [0.25, 0.3) is 5.92 Å². The Morgan fingerprint density at radius 2 is 1.77 bits per heavy atom. The van der Waals surface area contributed by atoms with E-state index in [0.717, 1.165) is 17.0 Å². The topological polar surface area (TPSA) is 53.4 Å². The van der Waals surface area contributed by atoms with Gasteiger partial charge in [-0.05, 0) is 24.1 Å². The first-order valence-electron chi connectivity index (χ1n) is 8.26. The van der Waals surface area contributed by atoms with Gasteiger partial charge in [0.2, 0.25) is 0 Å². The number of hydrogen-bond donors (Lipinski definition) is 1. The maximum absolute atomic E-state index is 14.2. The van der Waals surface area contributed by atoms with Crippen molar-refractivity contribution in [1.29, 1.82) is 0 Å². The molecule has 1 fully saturated rings. The molecular formula is C17H12Cl3F5N2O2S. The summed E-state index contributed by atoms with van der Waals surface area (Å²) in [5, 5.41) is 8.54. The zero-order valence-electron chi connectivity index (χ0n) is 15.0. The fraction of sp³-hybridized carbons (Fsp3) is 0.412. The molecule has 1 unspecified atom stereocenters. The number of carboxylic acids is 1. The fourth-order valence-electron chi connectivity index (χ4n) is 3.32. The van der Waals surface area contributed by atoms with Crippen LogP contribution in [0.25, 0.3) is 0 Å². The van der Waals surface area contributed by atoms with Crippen LogP contribution in [-0.4, -0.2) is 35.3 Å². The summed E-state index contributed by atoms with van der Waals surface area (Å²) in [6, 6.07) is 2.14. The van der Waals surface area contributed by atoms with E-state index < -0.39 is 47.0 Å². The average Bonchev–Trinajstić information content (AvgIpc) is 3.23. The summed E-state index contributed by atoms with van der Waals surface area (Å²) in [4.78, 5) is 15.4. The molecule has 3 rings (SSSR count). The highest BCUT2D eigenvalue weighted by molar-refractivity contribution is 7.17. The molecule has 0 bridgehead atoms. The van der Waals surface area contributed by atoms with Crippen LogP contribution in [0.2, 0.25) is 15.1 Å². The molecule has 1 aliphatic heterocycles. The van der Waals surface area contributed by atoms with E-state index in [1.165, 1.54) is 0 Å². The van der Waals surface area contributed by atoms with Crippen LogP contribution in [0.1, 0.15) is 34.3 Å². The highest BCUT2D eigenvalue weighted by atomic mass is 35.5. The van der Waals surface area contributed by atoms with Crippen molar-refractivity contribution >= 4 is 57.2 Å². The van der Waals surface area contributed by atoms with Crippen molar-refractivity contribution < 1.29 is 31.9 Å². The third kappa shape index (κ3) is 3.94. The van der Waals surface area contributed by atoms with Crippen LogP contribution in [0, 0.1) is 0 Å². The highest BCUT2D eigenvalue weighted by Crippen LogP contribution is 2.51. The molecule has 1 aromatic heterocycles. The Morgan fingerprint density at radius 3 is 2.20 bits per heavy atom. The molecule has 13 heteroatoms. The molecule has 0 spiro atoms. The summed E-state index contributed by atoms with van der Waals surface area (Å²) in [5.74, 6) is -5.20. The number of hydrogen-bond acceptors (Lipinski definition) is 4. The van der Waals surface area contributed by atoms with E-state index in [2.05, 4.69) is 4.98 Å². The van der Waals surface area contributed by atoms with Gasteiger partial charge in [-0.2, -0.15) is 22.0 Å². The van der Waals surface area contributed by atoms with Crippen LogP contribution in [0.15, 0.2) is 12.1 Å². The quantitative estimate of drug-likeness (QED) is 0.372. The maximum atomic E-state index is 14.2. The Morgan fingerprint density at radius 1 is 1.20 bits per heavy atom. The van der Waals surface area contributed by atoms with E-state index in [1.807, 2.05) is 0 Å². The third-order valence-electron chi connectivity index (χ3n) is 4.84. The lowest BCUT2D eigenvalue weighted by molar-refractivity contribution is -0.184. The van der Waals surface area contributed by atoms with Crippen molar-refractivity contribution in [2.75, 3.05) is 18.0 Å². The van der Waals surface area contributed by atoms with Gasteiger partial charge in [-0.1, -0.05) is 46.1 Å². The smallest absolute Gasteiger partial charge is 0.400 e. The molecule has 1 N–H and O–H groups in total. The average molecular weight is 510 g/mol. The van der Waals surface area contributed by atoms with E-state index in [4.69, 9.17) is 34.8 Å². The number of thiazole rings is 1. The van der Waals surface area contributed by atoms with E-state index in [0.29, 0.717) is 18.3 Å². The van der Waals surface area contributed by atoms with E-state index in [-0.39, 0.29) is 32.3 Å². The van der Waals surface area contributed by atoms with Crippen LogP contribution < -0.4 is 4.90 Å². The zero-order chi connectivity index (χ0) is 22.6. The van der Waals surface area contributed by atoms with Gasteiger partial charge in [0.05, 0.1) is 15.1 Å². The number of anilines is 1. The molecule has 0 aliphatic carbocycles. The molecule has 1 aromatic carbocycles. The SMILES string of the molecule is CC(F)(F)c1nc(N2CCC(c3cc(Cl)c(Cl)c(Cl)c3)(C(F)(F)F)C2)sc1C(=O)O. The lowest BCUT2D eigenvalue weighted by atomic mass is 9.79. The molecule has 4 nitrogen and oxygen atoms in total. The Bertz CT molecular complexity index is 985. The Labute approximate surface area is 186 Å². The maximum Gasteiger partial charge on any atom is 0.400 e. The van der Waals surface area contributed by atoms with Crippen LogP contribution >= 0.6 is 46.1 Å². The summed E-state index contributed by atoms with van der Waals surface area (Å²) < 4.78 is 70.0. The van der Waals surface area contributed by atoms with Gasteiger partial charge in [0, 0.05) is 20.0 Å². The van der Waals surface area contributed by atoms with Gasteiger partial charge in [-0.25, -0.2) is 9.78 Å². The molecule has 1 saturated heterocycles. The number of rotatable bonds is 4. The number of aromatic nitrogens is 1. The molecule has 164 valence electrons. The normalized spacial score (nSPS) is 20.1. The molecular weight excluding hydrogens is 498 g/mol. The number of carbonyl (C=O) groups is 1. The first kappa shape index (κ1) is 23.3. The molecule has 0 saturated carbocycles. The second-order valence-corrected chi connectivity index (χ2v) is 9.04. The molecule has 0 radical (unpaired) electrons. The lowest BCUT2D eigenvalue weighted by Gasteiger charge is -2.32. The minimum atomic E-state index is -4.74. The lowest BCUT2D eigenvalue weighted by Crippen LogP contribution is -2.44. The highest BCUT2D eigenvalue weighted by Gasteiger charge is 2.59. The van der Waals surface area contributed by atoms with Gasteiger partial charge >= 0.3 is 12.1 Å². The van der Waals surface area contributed by atoms with E-state index in [1.54, 1.807) is 0 Å². The fourth-order valence-corrected chi connectivity index (χ4v) is 4.93. The summed E-state index contributed by atoms with van der Waals surface area (Å²) in [7, 11) is 0. The Balaban J connectivity index is 2.07. The van der Waals surface area contributed by atoms with Gasteiger partial charge in [-0.3, -0.25) is 0 Å². The number of alkyl halides is 5. The van der Waals surface area contributed by atoms with Gasteiger partial charge < -0.3 is 10.0 Å². The van der Waals surface area contributed by atoms with E-state index in [9.17, 15) is 31.9 Å². The minimum absolute atomic E-state index is 0.0879. The number of nitrogens with zero attached hydrogens (tertiary/aromatic N) is 2. The second-order valence-electron chi connectivity index (χ2n) is 6.87. The van der Waals surface area contributed by atoms with Crippen LogP contribution in [-0.2, 0) is 11.3 Å². The minimum Gasteiger partial charge on any atom is -0.477 e. The van der Waals surface area contributed by atoms with Crippen molar-refractivity contribution in [1.82, 2.24) is 4.98 Å². The molecule has 0 amide bonds. The standard InChI is InChI=1S/C17H12Cl3F5N2O2S/c1-15(21,22)12-11(13(28)29)30-14(26-12)27-3-2-16(6-27,17(23,24)25)7-4-8(18)10(20)9(19)5-7/h4-5H,2-3,6H2,1H3,(H,28,29). The van der Waals surface area contributed by atoms with Crippen LogP contribution in [0.5, 0.6) is 0 Å². The molecule has 2 heterocycles. The van der Waals surface area contributed by atoms with Crippen molar-refractivity contribution in [3.8, 4) is 0 Å². The molecule has 2 aromatic rings. The van der Waals surface area contributed by atoms with Crippen molar-refractivity contribution in [3.63, 3.8) is 0 Å². The summed E-state index contributed by atoms with van der Waals surface area (Å²) in [6.07, 6.45) is -5.18. The monoisotopic (exact) mass is 508 g/mol. The molecule has 30 heavy (non-hydrogen) atoms. The summed E-state index contributed by atoms with van der Waals surface area (Å²) in [6.45, 7) is -0.398. The van der Waals surface area contributed by atoms with Gasteiger partial charge in [-0.15, -0.1) is 0 Å². The number of carboxylic acid groups (broad SMARTS) is 1. The predicted octanol–water partition coefficient (Wildman–Crippen LogP) is 6.62. The Kier molecular flexibility index (Phi) is 5.94. The van der Waals surface area contributed by atoms with Crippen molar-refractivity contribution in [3.05, 3.63) is 43.3 Å². The van der Waals surface area contributed by atoms with Gasteiger partial charge in [0.15, 0.2) is 5.13 Å². The molecule has 1 atom stereocenters. The first-order valence-corrected chi connectivity index (χ1v) is 10.2. The van der Waals surface area contributed by atoms with Crippen molar-refractivity contribution in [2.45, 2.75) is 30.9 Å². The zero-order valence-corrected chi connectivity index (χ0v) is 18.0. The summed E-state index contributed by atoms with van der Waals surface area (Å²) >= 11 is 18.1. The first-order chi connectivity index (χ1) is 13.7. The number of aromatic carboxylic acids is 1. The summed E-state index contributed by atoms with van der Waals surface area (Å²) in [5.41, 5.74) is -3.64. The van der Waals surface area contributed by atoms with Gasteiger partial charge in [0.1, 0.15) is 16.0 Å². The Hall–Kier alpha value is -1.36.